The number of rotatable bonds is 3. The lowest BCUT2D eigenvalue weighted by Crippen LogP contribution is -2.20. The van der Waals surface area contributed by atoms with Gasteiger partial charge in [0.05, 0.1) is 0 Å². The molecule has 2 aromatic rings. The quantitative estimate of drug-likeness (QED) is 0.917. The van der Waals surface area contributed by atoms with Gasteiger partial charge >= 0.3 is 0 Å². The zero-order valence-corrected chi connectivity index (χ0v) is 11.9. The van der Waals surface area contributed by atoms with Gasteiger partial charge < -0.3 is 4.98 Å². The molecule has 0 fully saturated rings. The summed E-state index contributed by atoms with van der Waals surface area (Å²) >= 11 is 0. The average Bonchev–Trinajstić information content (AvgIpc) is 2.27. The first-order valence-corrected chi connectivity index (χ1v) is 6.62. The first-order valence-electron chi connectivity index (χ1n) is 6.62. The van der Waals surface area contributed by atoms with Crippen molar-refractivity contribution < 1.29 is 0 Å². The molecule has 3 heteroatoms. The lowest BCUT2D eigenvalue weighted by Gasteiger charge is -2.10. The molecule has 2 rings (SSSR count). The summed E-state index contributed by atoms with van der Waals surface area (Å²) in [6.07, 6.45) is 0.663. The maximum absolute atomic E-state index is 12.1. The molecule has 0 aliphatic rings. The molecule has 1 aromatic heterocycles. The molecular weight excluding hydrogens is 236 g/mol. The molecule has 1 heterocycles. The van der Waals surface area contributed by atoms with Crippen molar-refractivity contribution in [3.8, 4) is 0 Å². The van der Waals surface area contributed by atoms with E-state index in [1.807, 2.05) is 26.8 Å². The zero-order valence-electron chi connectivity index (χ0n) is 11.9. The molecule has 0 atom stereocenters. The zero-order chi connectivity index (χ0) is 14.0. The molecule has 19 heavy (non-hydrogen) atoms. The Kier molecular flexibility index (Phi) is 3.84. The highest BCUT2D eigenvalue weighted by Gasteiger charge is 2.11. The molecular formula is C16H20N2O. The summed E-state index contributed by atoms with van der Waals surface area (Å²) in [7, 11) is 0. The fourth-order valence-corrected chi connectivity index (χ4v) is 2.43. The van der Waals surface area contributed by atoms with Gasteiger partial charge in [0.15, 0.2) is 0 Å². The number of aromatic amines is 1. The van der Waals surface area contributed by atoms with E-state index in [1.54, 1.807) is 0 Å². The van der Waals surface area contributed by atoms with Crippen molar-refractivity contribution >= 4 is 0 Å². The molecule has 1 aromatic carbocycles. The number of nitrogens with zero attached hydrogens (tertiary/aromatic N) is 1. The Hall–Kier alpha value is -1.90. The minimum absolute atomic E-state index is 0.00912. The summed E-state index contributed by atoms with van der Waals surface area (Å²) in [5, 5.41) is 0. The molecule has 0 radical (unpaired) electrons. The van der Waals surface area contributed by atoms with Crippen molar-refractivity contribution in [2.45, 2.75) is 40.0 Å². The highest BCUT2D eigenvalue weighted by Crippen LogP contribution is 2.13. The molecule has 0 saturated carbocycles. The van der Waals surface area contributed by atoms with Crippen LogP contribution in [0.5, 0.6) is 0 Å². The van der Waals surface area contributed by atoms with Gasteiger partial charge in [0.1, 0.15) is 5.82 Å². The standard InChI is InChI=1S/C16H20N2O/c1-10(2)15-12(4)17-14(18-16(15)19)9-13-7-5-6-11(3)8-13/h5-8,10H,9H2,1-4H3,(H,17,18,19). The number of H-pyrrole nitrogens is 1. The molecule has 0 bridgehead atoms. The minimum Gasteiger partial charge on any atom is -0.310 e. The third kappa shape index (κ3) is 3.11. The van der Waals surface area contributed by atoms with Crippen LogP contribution < -0.4 is 5.56 Å². The van der Waals surface area contributed by atoms with Crippen LogP contribution in [0, 0.1) is 13.8 Å². The second-order valence-electron chi connectivity index (χ2n) is 5.33. The molecule has 0 amide bonds. The highest BCUT2D eigenvalue weighted by molar-refractivity contribution is 5.26. The van der Waals surface area contributed by atoms with Crippen LogP contribution in [0.15, 0.2) is 29.1 Å². The van der Waals surface area contributed by atoms with E-state index in [-0.39, 0.29) is 11.5 Å². The van der Waals surface area contributed by atoms with Gasteiger partial charge in [-0.05, 0) is 25.3 Å². The second-order valence-corrected chi connectivity index (χ2v) is 5.33. The first kappa shape index (κ1) is 13.5. The summed E-state index contributed by atoms with van der Waals surface area (Å²) in [5.74, 6) is 0.932. The Balaban J connectivity index is 2.35. The van der Waals surface area contributed by atoms with E-state index in [2.05, 4.69) is 35.1 Å². The smallest absolute Gasteiger partial charge is 0.254 e. The van der Waals surface area contributed by atoms with Crippen molar-refractivity contribution in [3.05, 3.63) is 62.8 Å². The molecule has 0 aliphatic carbocycles. The van der Waals surface area contributed by atoms with Crippen molar-refractivity contribution in [1.29, 1.82) is 0 Å². The van der Waals surface area contributed by atoms with Crippen LogP contribution in [-0.4, -0.2) is 9.97 Å². The molecule has 0 aliphatic heterocycles. The number of aryl methyl sites for hydroxylation is 2. The van der Waals surface area contributed by atoms with E-state index < -0.39 is 0 Å². The SMILES string of the molecule is Cc1cccc(Cc2nc(C)c(C(C)C)c(=O)[nH]2)c1. The second kappa shape index (κ2) is 5.39. The topological polar surface area (TPSA) is 45.8 Å². The summed E-state index contributed by atoms with van der Waals surface area (Å²) in [6, 6.07) is 8.26. The maximum atomic E-state index is 12.1. The Morgan fingerprint density at radius 1 is 1.26 bits per heavy atom. The lowest BCUT2D eigenvalue weighted by molar-refractivity contribution is 0.791. The van der Waals surface area contributed by atoms with Gasteiger partial charge in [-0.3, -0.25) is 4.79 Å². The summed E-state index contributed by atoms with van der Waals surface area (Å²) < 4.78 is 0. The summed E-state index contributed by atoms with van der Waals surface area (Å²) in [4.78, 5) is 19.5. The molecule has 0 unspecified atom stereocenters. The van der Waals surface area contributed by atoms with Gasteiger partial charge in [-0.15, -0.1) is 0 Å². The van der Waals surface area contributed by atoms with E-state index in [0.29, 0.717) is 6.42 Å². The monoisotopic (exact) mass is 256 g/mol. The van der Waals surface area contributed by atoms with Crippen LogP contribution in [0.4, 0.5) is 0 Å². The Morgan fingerprint density at radius 3 is 2.58 bits per heavy atom. The Labute approximate surface area is 113 Å². The van der Waals surface area contributed by atoms with Gasteiger partial charge in [-0.1, -0.05) is 43.7 Å². The van der Waals surface area contributed by atoms with Crippen LogP contribution in [0.1, 0.15) is 48.0 Å². The largest absolute Gasteiger partial charge is 0.310 e. The van der Waals surface area contributed by atoms with E-state index in [0.717, 1.165) is 17.1 Å². The normalized spacial score (nSPS) is 11.0. The van der Waals surface area contributed by atoms with E-state index in [9.17, 15) is 4.79 Å². The predicted octanol–water partition coefficient (Wildman–Crippen LogP) is 3.10. The number of hydrogen-bond donors (Lipinski definition) is 1. The fourth-order valence-electron chi connectivity index (χ4n) is 2.43. The Bertz CT molecular complexity index is 641. The van der Waals surface area contributed by atoms with E-state index >= 15 is 0 Å². The highest BCUT2D eigenvalue weighted by atomic mass is 16.1. The van der Waals surface area contributed by atoms with Crippen LogP contribution in [-0.2, 0) is 6.42 Å². The predicted molar refractivity (Wildman–Crippen MR) is 77.7 cm³/mol. The maximum Gasteiger partial charge on any atom is 0.254 e. The third-order valence-electron chi connectivity index (χ3n) is 3.23. The van der Waals surface area contributed by atoms with Crippen LogP contribution in [0.3, 0.4) is 0 Å². The molecule has 100 valence electrons. The van der Waals surface area contributed by atoms with Crippen molar-refractivity contribution in [2.75, 3.05) is 0 Å². The van der Waals surface area contributed by atoms with E-state index in [1.165, 1.54) is 11.1 Å². The summed E-state index contributed by atoms with van der Waals surface area (Å²) in [5.41, 5.74) is 4.00. The fraction of sp³-hybridized carbons (Fsp3) is 0.375. The average molecular weight is 256 g/mol. The van der Waals surface area contributed by atoms with Gasteiger partial charge in [-0.2, -0.15) is 0 Å². The third-order valence-corrected chi connectivity index (χ3v) is 3.23. The van der Waals surface area contributed by atoms with Gasteiger partial charge in [0, 0.05) is 17.7 Å². The van der Waals surface area contributed by atoms with Gasteiger partial charge in [0.2, 0.25) is 0 Å². The molecule has 1 N–H and O–H groups in total. The molecule has 3 nitrogen and oxygen atoms in total. The van der Waals surface area contributed by atoms with Crippen molar-refractivity contribution in [1.82, 2.24) is 9.97 Å². The lowest BCUT2D eigenvalue weighted by atomic mass is 10.0. The number of benzene rings is 1. The number of nitrogens with one attached hydrogen (secondary N) is 1. The number of hydrogen-bond acceptors (Lipinski definition) is 2. The summed E-state index contributed by atoms with van der Waals surface area (Å²) in [6.45, 7) is 8.00. The van der Waals surface area contributed by atoms with Crippen LogP contribution >= 0.6 is 0 Å². The van der Waals surface area contributed by atoms with Crippen LogP contribution in [0.25, 0.3) is 0 Å². The van der Waals surface area contributed by atoms with Gasteiger partial charge in [0.25, 0.3) is 5.56 Å². The Morgan fingerprint density at radius 2 is 2.00 bits per heavy atom. The number of aromatic nitrogens is 2. The van der Waals surface area contributed by atoms with Crippen molar-refractivity contribution in [3.63, 3.8) is 0 Å². The molecule has 0 spiro atoms. The molecule has 0 saturated heterocycles. The minimum atomic E-state index is -0.00912. The van der Waals surface area contributed by atoms with Crippen molar-refractivity contribution in [2.24, 2.45) is 0 Å². The van der Waals surface area contributed by atoms with Gasteiger partial charge in [-0.25, -0.2) is 4.98 Å². The van der Waals surface area contributed by atoms with E-state index in [4.69, 9.17) is 0 Å². The van der Waals surface area contributed by atoms with Crippen LogP contribution in [0.2, 0.25) is 0 Å². The first-order chi connectivity index (χ1) is 8.97.